The first-order valence-electron chi connectivity index (χ1n) is 7.02. The van der Waals surface area contributed by atoms with Crippen LogP contribution >= 0.6 is 27.5 Å². The molecule has 0 saturated heterocycles. The fraction of sp³-hybridized carbons (Fsp3) is 0.375. The van der Waals surface area contributed by atoms with Crippen molar-refractivity contribution in [2.24, 2.45) is 5.92 Å². The van der Waals surface area contributed by atoms with Crippen molar-refractivity contribution in [1.82, 2.24) is 9.78 Å². The summed E-state index contributed by atoms with van der Waals surface area (Å²) in [7, 11) is 0. The number of carbonyl (C=O) groups is 1. The topological polar surface area (TPSA) is 44.1 Å². The highest BCUT2D eigenvalue weighted by atomic mass is 79.9. The number of benzene rings is 1. The maximum absolute atomic E-state index is 11.2. The molecule has 0 aliphatic carbocycles. The van der Waals surface area contributed by atoms with Crippen molar-refractivity contribution < 1.29 is 9.53 Å². The molecule has 0 aliphatic rings. The zero-order valence-corrected chi connectivity index (χ0v) is 15.1. The van der Waals surface area contributed by atoms with Gasteiger partial charge in [-0.2, -0.15) is 5.10 Å². The van der Waals surface area contributed by atoms with Crippen LogP contribution in [-0.4, -0.2) is 21.6 Å². The van der Waals surface area contributed by atoms with Gasteiger partial charge in [0.15, 0.2) is 0 Å². The maximum atomic E-state index is 11.2. The number of carbonyl (C=O) groups excluding carboxylic acids is 1. The molecular formula is C16H18BrClN2O2. The van der Waals surface area contributed by atoms with Gasteiger partial charge in [0, 0.05) is 15.7 Å². The molecule has 2 aromatic rings. The summed E-state index contributed by atoms with van der Waals surface area (Å²) in [5.74, 6) is 1.27. The van der Waals surface area contributed by atoms with Crippen molar-refractivity contribution in [3.8, 4) is 5.75 Å². The fourth-order valence-corrected chi connectivity index (χ4v) is 2.50. The normalized spacial score (nSPS) is 11.0. The predicted molar refractivity (Wildman–Crippen MR) is 90.7 cm³/mol. The number of hydrogen-bond acceptors (Lipinski definition) is 3. The second-order valence-electron chi connectivity index (χ2n) is 5.56. The zero-order valence-electron chi connectivity index (χ0n) is 12.8. The predicted octanol–water partition coefficient (Wildman–Crippen LogP) is 4.42. The molecule has 0 aliphatic heterocycles. The molecular weight excluding hydrogens is 368 g/mol. The highest BCUT2D eigenvalue weighted by molar-refractivity contribution is 9.10. The number of nitrogens with zero attached hydrogens (tertiary/aromatic N) is 2. The molecule has 1 heterocycles. The molecule has 22 heavy (non-hydrogen) atoms. The summed E-state index contributed by atoms with van der Waals surface area (Å²) in [6, 6.07) is 7.57. The number of hydrogen-bond donors (Lipinski definition) is 0. The Morgan fingerprint density at radius 1 is 1.41 bits per heavy atom. The van der Waals surface area contributed by atoms with Gasteiger partial charge in [0.05, 0.1) is 13.2 Å². The highest BCUT2D eigenvalue weighted by Gasteiger charge is 2.13. The minimum Gasteiger partial charge on any atom is -0.493 e. The molecule has 0 radical (unpaired) electrons. The monoisotopic (exact) mass is 384 g/mol. The van der Waals surface area contributed by atoms with Crippen LogP contribution in [0.15, 0.2) is 28.7 Å². The van der Waals surface area contributed by atoms with E-state index in [1.807, 2.05) is 25.1 Å². The number of aryl methyl sites for hydroxylation is 1. The maximum Gasteiger partial charge on any atom is 0.272 e. The molecule has 0 unspecified atom stereocenters. The minimum atomic E-state index is -0.549. The van der Waals surface area contributed by atoms with E-state index in [-0.39, 0.29) is 5.69 Å². The van der Waals surface area contributed by atoms with Crippen LogP contribution in [0.4, 0.5) is 0 Å². The third-order valence-electron chi connectivity index (χ3n) is 3.10. The molecule has 1 aromatic heterocycles. The standard InChI is InChI=1S/C16H18BrClN2O2/c1-10(2)9-22-15-5-4-13(17)7-12(15)8-20-11(3)6-14(19-20)16(18)21/h4-7,10H,8-9H2,1-3H3. The Labute approximate surface area is 143 Å². The summed E-state index contributed by atoms with van der Waals surface area (Å²) >= 11 is 8.96. The van der Waals surface area contributed by atoms with Crippen LogP contribution < -0.4 is 4.74 Å². The van der Waals surface area contributed by atoms with E-state index in [0.717, 1.165) is 21.5 Å². The number of aromatic nitrogens is 2. The lowest BCUT2D eigenvalue weighted by atomic mass is 10.2. The van der Waals surface area contributed by atoms with E-state index in [9.17, 15) is 4.79 Å². The molecule has 0 amide bonds. The third kappa shape index (κ3) is 4.34. The van der Waals surface area contributed by atoms with Crippen LogP contribution in [0.1, 0.15) is 35.6 Å². The fourth-order valence-electron chi connectivity index (χ4n) is 2.00. The van der Waals surface area contributed by atoms with Gasteiger partial charge in [0.25, 0.3) is 5.24 Å². The SMILES string of the molecule is Cc1cc(C(=O)Cl)nn1Cc1cc(Br)ccc1OCC(C)C. The van der Waals surface area contributed by atoms with E-state index < -0.39 is 5.24 Å². The van der Waals surface area contributed by atoms with E-state index in [1.165, 1.54) is 0 Å². The van der Waals surface area contributed by atoms with Gasteiger partial charge >= 0.3 is 0 Å². The van der Waals surface area contributed by atoms with E-state index in [4.69, 9.17) is 16.3 Å². The molecule has 0 fully saturated rings. The lowest BCUT2D eigenvalue weighted by molar-refractivity contribution is 0.107. The quantitative estimate of drug-likeness (QED) is 0.692. The van der Waals surface area contributed by atoms with Crippen LogP contribution in [-0.2, 0) is 6.54 Å². The van der Waals surface area contributed by atoms with E-state index in [2.05, 4.69) is 34.9 Å². The molecule has 0 atom stereocenters. The van der Waals surface area contributed by atoms with Gasteiger partial charge in [-0.05, 0) is 48.7 Å². The van der Waals surface area contributed by atoms with Crippen molar-refractivity contribution >= 4 is 32.8 Å². The molecule has 0 N–H and O–H groups in total. The van der Waals surface area contributed by atoms with Gasteiger partial charge in [-0.1, -0.05) is 29.8 Å². The first kappa shape index (κ1) is 17.0. The van der Waals surface area contributed by atoms with Crippen LogP contribution in [0.5, 0.6) is 5.75 Å². The molecule has 0 saturated carbocycles. The van der Waals surface area contributed by atoms with Crippen molar-refractivity contribution in [2.45, 2.75) is 27.3 Å². The lowest BCUT2D eigenvalue weighted by Crippen LogP contribution is -2.10. The van der Waals surface area contributed by atoms with Crippen molar-refractivity contribution in [1.29, 1.82) is 0 Å². The molecule has 6 heteroatoms. The Morgan fingerprint density at radius 3 is 2.73 bits per heavy atom. The average Bonchev–Trinajstić information content (AvgIpc) is 2.79. The largest absolute Gasteiger partial charge is 0.493 e. The van der Waals surface area contributed by atoms with Crippen molar-refractivity contribution in [3.05, 3.63) is 45.7 Å². The molecule has 4 nitrogen and oxygen atoms in total. The zero-order chi connectivity index (χ0) is 16.3. The Morgan fingerprint density at radius 2 is 2.14 bits per heavy atom. The Bertz CT molecular complexity index is 683. The molecule has 2 rings (SSSR count). The highest BCUT2D eigenvalue weighted by Crippen LogP contribution is 2.25. The van der Waals surface area contributed by atoms with E-state index >= 15 is 0 Å². The van der Waals surface area contributed by atoms with Crippen molar-refractivity contribution in [3.63, 3.8) is 0 Å². The van der Waals surface area contributed by atoms with Crippen LogP contribution in [0.25, 0.3) is 0 Å². The summed E-state index contributed by atoms with van der Waals surface area (Å²) in [6.07, 6.45) is 0. The Balaban J connectivity index is 2.28. The third-order valence-corrected chi connectivity index (χ3v) is 3.78. The van der Waals surface area contributed by atoms with Gasteiger partial charge in [-0.15, -0.1) is 0 Å². The lowest BCUT2D eigenvalue weighted by Gasteiger charge is -2.14. The summed E-state index contributed by atoms with van der Waals surface area (Å²) in [5, 5.41) is 3.69. The van der Waals surface area contributed by atoms with Gasteiger partial charge in [-0.25, -0.2) is 0 Å². The van der Waals surface area contributed by atoms with E-state index in [0.29, 0.717) is 19.1 Å². The summed E-state index contributed by atoms with van der Waals surface area (Å²) in [6.45, 7) is 7.27. The first-order valence-corrected chi connectivity index (χ1v) is 8.19. The van der Waals surface area contributed by atoms with Crippen molar-refractivity contribution in [2.75, 3.05) is 6.61 Å². The van der Waals surface area contributed by atoms with Crippen LogP contribution in [0.3, 0.4) is 0 Å². The second-order valence-corrected chi connectivity index (χ2v) is 6.82. The van der Waals surface area contributed by atoms with Crippen LogP contribution in [0, 0.1) is 12.8 Å². The molecule has 0 spiro atoms. The minimum absolute atomic E-state index is 0.263. The summed E-state index contributed by atoms with van der Waals surface area (Å²) in [4.78, 5) is 11.2. The average molecular weight is 386 g/mol. The van der Waals surface area contributed by atoms with E-state index in [1.54, 1.807) is 10.7 Å². The number of rotatable bonds is 6. The van der Waals surface area contributed by atoms with Gasteiger partial charge in [-0.3, -0.25) is 9.48 Å². The molecule has 118 valence electrons. The Hall–Kier alpha value is -1.33. The molecule has 1 aromatic carbocycles. The smallest absolute Gasteiger partial charge is 0.272 e. The summed E-state index contributed by atoms with van der Waals surface area (Å²) in [5.41, 5.74) is 2.13. The van der Waals surface area contributed by atoms with Gasteiger partial charge in [0.1, 0.15) is 11.4 Å². The number of halogens is 2. The molecule has 0 bridgehead atoms. The number of ether oxygens (including phenoxy) is 1. The Kier molecular flexibility index (Phi) is 5.64. The van der Waals surface area contributed by atoms with Crippen LogP contribution in [0.2, 0.25) is 0 Å². The van der Waals surface area contributed by atoms with Gasteiger partial charge < -0.3 is 4.74 Å². The first-order chi connectivity index (χ1) is 10.4. The second kappa shape index (κ2) is 7.29. The summed E-state index contributed by atoms with van der Waals surface area (Å²) < 4.78 is 8.58. The van der Waals surface area contributed by atoms with Gasteiger partial charge in [0.2, 0.25) is 0 Å².